The molecule has 1 amide bonds. The molecule has 0 radical (unpaired) electrons. The molecule has 0 unspecified atom stereocenters. The third kappa shape index (κ3) is 4.38. The van der Waals surface area contributed by atoms with Crippen molar-refractivity contribution in [3.05, 3.63) is 48.0 Å². The van der Waals surface area contributed by atoms with E-state index in [0.717, 1.165) is 34.0 Å². The molecule has 0 aliphatic carbocycles. The number of hydrogen-bond donors (Lipinski definition) is 2. The second-order valence-electron chi connectivity index (χ2n) is 6.19. The van der Waals surface area contributed by atoms with Crippen molar-refractivity contribution in [1.82, 2.24) is 9.97 Å². The number of carbonyl (C=O) groups is 1. The van der Waals surface area contributed by atoms with Crippen molar-refractivity contribution in [3.63, 3.8) is 0 Å². The molecule has 0 aliphatic rings. The van der Waals surface area contributed by atoms with E-state index in [-0.39, 0.29) is 5.91 Å². The van der Waals surface area contributed by atoms with Crippen LogP contribution >= 0.6 is 11.8 Å². The highest BCUT2D eigenvalue weighted by Crippen LogP contribution is 2.24. The van der Waals surface area contributed by atoms with Crippen LogP contribution in [0.1, 0.15) is 31.7 Å². The van der Waals surface area contributed by atoms with Crippen LogP contribution in [0.5, 0.6) is 5.75 Å². The number of ether oxygens (including phenoxy) is 1. The number of anilines is 1. The Balaban J connectivity index is 1.57. The molecule has 2 N–H and O–H groups in total. The van der Waals surface area contributed by atoms with E-state index in [2.05, 4.69) is 41.3 Å². The van der Waals surface area contributed by atoms with E-state index in [1.807, 2.05) is 30.3 Å². The van der Waals surface area contributed by atoms with Crippen molar-refractivity contribution in [2.24, 2.45) is 0 Å². The standard InChI is InChI=1S/C20H23N3O2S/c1-4-13(2)14-5-7-15(8-6-14)21-19(24)12-26-20-22-17-10-9-16(25-3)11-18(17)23-20/h5-11,13H,4,12H2,1-3H3,(H,21,24)(H,22,23)/t13-/m1/s1. The molecule has 26 heavy (non-hydrogen) atoms. The summed E-state index contributed by atoms with van der Waals surface area (Å²) >= 11 is 1.38. The molecule has 2 aromatic carbocycles. The average Bonchev–Trinajstić information content (AvgIpc) is 3.08. The molecule has 5 nitrogen and oxygen atoms in total. The van der Waals surface area contributed by atoms with Crippen LogP contribution in [0.3, 0.4) is 0 Å². The zero-order chi connectivity index (χ0) is 18.5. The van der Waals surface area contributed by atoms with Crippen molar-refractivity contribution in [1.29, 1.82) is 0 Å². The van der Waals surface area contributed by atoms with Gasteiger partial charge in [0.2, 0.25) is 5.91 Å². The van der Waals surface area contributed by atoms with Crippen molar-refractivity contribution >= 4 is 34.4 Å². The highest BCUT2D eigenvalue weighted by molar-refractivity contribution is 7.99. The average molecular weight is 369 g/mol. The van der Waals surface area contributed by atoms with Gasteiger partial charge in [-0.25, -0.2) is 4.98 Å². The molecule has 6 heteroatoms. The van der Waals surface area contributed by atoms with Crippen LogP contribution < -0.4 is 10.1 Å². The topological polar surface area (TPSA) is 67.0 Å². The fourth-order valence-corrected chi connectivity index (χ4v) is 3.31. The minimum atomic E-state index is -0.0515. The Kier molecular flexibility index (Phi) is 5.83. The van der Waals surface area contributed by atoms with E-state index >= 15 is 0 Å². The molecule has 0 aliphatic heterocycles. The lowest BCUT2D eigenvalue weighted by molar-refractivity contribution is -0.113. The van der Waals surface area contributed by atoms with Gasteiger partial charge < -0.3 is 15.0 Å². The van der Waals surface area contributed by atoms with Crippen LogP contribution in [0, 0.1) is 0 Å². The summed E-state index contributed by atoms with van der Waals surface area (Å²) in [6.45, 7) is 4.37. The van der Waals surface area contributed by atoms with Crippen molar-refractivity contribution in [3.8, 4) is 5.75 Å². The first kappa shape index (κ1) is 18.3. The van der Waals surface area contributed by atoms with Gasteiger partial charge in [-0.15, -0.1) is 0 Å². The lowest BCUT2D eigenvalue weighted by Crippen LogP contribution is -2.14. The van der Waals surface area contributed by atoms with Gasteiger partial charge in [-0.05, 0) is 42.2 Å². The van der Waals surface area contributed by atoms with Crippen LogP contribution in [0.25, 0.3) is 11.0 Å². The zero-order valence-corrected chi connectivity index (χ0v) is 16.0. The number of thioether (sulfide) groups is 1. The van der Waals surface area contributed by atoms with Gasteiger partial charge >= 0.3 is 0 Å². The normalized spacial score (nSPS) is 12.1. The number of H-pyrrole nitrogens is 1. The van der Waals surface area contributed by atoms with Crippen LogP contribution in [-0.4, -0.2) is 28.7 Å². The van der Waals surface area contributed by atoms with Gasteiger partial charge in [-0.2, -0.15) is 0 Å². The number of hydrogen-bond acceptors (Lipinski definition) is 4. The maximum absolute atomic E-state index is 12.2. The van der Waals surface area contributed by atoms with Gasteiger partial charge in [0.05, 0.1) is 23.9 Å². The summed E-state index contributed by atoms with van der Waals surface area (Å²) in [5, 5.41) is 3.64. The monoisotopic (exact) mass is 369 g/mol. The molecule has 0 fully saturated rings. The molecule has 136 valence electrons. The second kappa shape index (κ2) is 8.27. The number of nitrogens with zero attached hydrogens (tertiary/aromatic N) is 1. The fourth-order valence-electron chi connectivity index (χ4n) is 2.62. The number of benzene rings is 2. The number of aromatic nitrogens is 2. The number of amides is 1. The Hall–Kier alpha value is -2.47. The Bertz CT molecular complexity index is 890. The summed E-state index contributed by atoms with van der Waals surface area (Å²) < 4.78 is 5.21. The lowest BCUT2D eigenvalue weighted by atomic mass is 9.99. The highest BCUT2D eigenvalue weighted by atomic mass is 32.2. The van der Waals surface area contributed by atoms with Crippen molar-refractivity contribution in [2.45, 2.75) is 31.3 Å². The van der Waals surface area contributed by atoms with Gasteiger partial charge in [0.15, 0.2) is 5.16 Å². The molecular formula is C20H23N3O2S. The molecule has 0 saturated carbocycles. The quantitative estimate of drug-likeness (QED) is 0.586. The third-order valence-corrected chi connectivity index (χ3v) is 5.26. The molecule has 1 aromatic heterocycles. The minimum absolute atomic E-state index is 0.0515. The highest BCUT2D eigenvalue weighted by Gasteiger charge is 2.09. The summed E-state index contributed by atoms with van der Waals surface area (Å²) in [5.41, 5.74) is 3.86. The summed E-state index contributed by atoms with van der Waals surface area (Å²) in [4.78, 5) is 19.9. The van der Waals surface area contributed by atoms with E-state index in [9.17, 15) is 4.79 Å². The first-order valence-corrected chi connectivity index (χ1v) is 9.64. The number of nitrogens with one attached hydrogen (secondary N) is 2. The number of carbonyl (C=O) groups excluding carboxylic acids is 1. The molecule has 1 heterocycles. The Morgan fingerprint density at radius 1 is 1.27 bits per heavy atom. The fraction of sp³-hybridized carbons (Fsp3) is 0.300. The SMILES string of the molecule is CC[C@@H](C)c1ccc(NC(=O)CSc2nc3ccc(OC)cc3[nH]2)cc1. The van der Waals surface area contributed by atoms with Gasteiger partial charge in [-0.3, -0.25) is 4.79 Å². The smallest absolute Gasteiger partial charge is 0.234 e. The van der Waals surface area contributed by atoms with Crippen molar-refractivity contribution < 1.29 is 9.53 Å². The van der Waals surface area contributed by atoms with E-state index in [1.165, 1.54) is 17.3 Å². The molecule has 0 spiro atoms. The maximum Gasteiger partial charge on any atom is 0.234 e. The third-order valence-electron chi connectivity index (χ3n) is 4.38. The van der Waals surface area contributed by atoms with Crippen molar-refractivity contribution in [2.75, 3.05) is 18.2 Å². The predicted molar refractivity (Wildman–Crippen MR) is 107 cm³/mol. The summed E-state index contributed by atoms with van der Waals surface area (Å²) in [7, 11) is 1.63. The minimum Gasteiger partial charge on any atom is -0.497 e. The Morgan fingerprint density at radius 2 is 2.04 bits per heavy atom. The first-order chi connectivity index (χ1) is 12.6. The van der Waals surface area contributed by atoms with Gasteiger partial charge in [0, 0.05) is 11.8 Å². The van der Waals surface area contributed by atoms with E-state index in [1.54, 1.807) is 7.11 Å². The predicted octanol–water partition coefficient (Wildman–Crippen LogP) is 4.82. The molecule has 0 bridgehead atoms. The van der Waals surface area contributed by atoms with Crippen LogP contribution in [0.2, 0.25) is 0 Å². The Labute approximate surface area is 157 Å². The van der Waals surface area contributed by atoms with E-state index in [4.69, 9.17) is 4.74 Å². The largest absolute Gasteiger partial charge is 0.497 e. The number of aromatic amines is 1. The lowest BCUT2D eigenvalue weighted by Gasteiger charge is -2.10. The van der Waals surface area contributed by atoms with E-state index < -0.39 is 0 Å². The van der Waals surface area contributed by atoms with Crippen LogP contribution in [-0.2, 0) is 4.79 Å². The second-order valence-corrected chi connectivity index (χ2v) is 7.16. The number of imidazole rings is 1. The number of rotatable bonds is 7. The number of methoxy groups -OCH3 is 1. The molecule has 3 aromatic rings. The van der Waals surface area contributed by atoms with Crippen LogP contribution in [0.4, 0.5) is 5.69 Å². The summed E-state index contributed by atoms with van der Waals surface area (Å²) in [6, 6.07) is 13.7. The number of fused-ring (bicyclic) bond motifs is 1. The first-order valence-electron chi connectivity index (χ1n) is 8.65. The van der Waals surface area contributed by atoms with Gasteiger partial charge in [0.1, 0.15) is 5.75 Å². The summed E-state index contributed by atoms with van der Waals surface area (Å²) in [5.74, 6) is 1.55. The van der Waals surface area contributed by atoms with E-state index in [0.29, 0.717) is 11.7 Å². The Morgan fingerprint density at radius 3 is 2.73 bits per heavy atom. The van der Waals surface area contributed by atoms with Gasteiger partial charge in [0.25, 0.3) is 0 Å². The van der Waals surface area contributed by atoms with Gasteiger partial charge in [-0.1, -0.05) is 37.7 Å². The van der Waals surface area contributed by atoms with Crippen LogP contribution in [0.15, 0.2) is 47.6 Å². The maximum atomic E-state index is 12.2. The molecule has 1 atom stereocenters. The zero-order valence-electron chi connectivity index (χ0n) is 15.2. The summed E-state index contributed by atoms with van der Waals surface area (Å²) in [6.07, 6.45) is 1.10. The molecule has 0 saturated heterocycles. The molecular weight excluding hydrogens is 346 g/mol. The molecule has 3 rings (SSSR count).